The second-order valence-corrected chi connectivity index (χ2v) is 7.61. The Morgan fingerprint density at radius 1 is 1.36 bits per heavy atom. The molecule has 1 rings (SSSR count). The minimum Gasteiger partial charge on any atom is -0.370 e. The Bertz CT molecular complexity index is 321. The lowest BCUT2D eigenvalue weighted by Crippen LogP contribution is -2.38. The molecule has 0 bridgehead atoms. The van der Waals surface area contributed by atoms with Crippen LogP contribution in [0.4, 0.5) is 5.69 Å². The summed E-state index contributed by atoms with van der Waals surface area (Å²) in [5.41, 5.74) is 7.67. The van der Waals surface area contributed by atoms with Crippen LogP contribution in [0.3, 0.4) is 0 Å². The molecule has 0 aliphatic rings. The van der Waals surface area contributed by atoms with Gasteiger partial charge >= 0.3 is 0 Å². The van der Waals surface area contributed by atoms with Crippen LogP contribution in [0.1, 0.15) is 5.56 Å². The normalized spacial score (nSPS) is 10.3. The molecule has 0 aliphatic carbocycles. The molecule has 0 amide bonds. The van der Waals surface area contributed by atoms with Gasteiger partial charge in [-0.15, -0.1) is 0 Å². The molecule has 14 heavy (non-hydrogen) atoms. The molecular weight excluding hydrogens is 404 g/mol. The monoisotopic (exact) mass is 415 g/mol. The molecule has 0 radical (unpaired) electrons. The zero-order valence-electron chi connectivity index (χ0n) is 7.67. The zero-order chi connectivity index (χ0) is 10.7. The van der Waals surface area contributed by atoms with Gasteiger partial charge in [-0.25, -0.2) is 0 Å². The topological polar surface area (TPSA) is 53.1 Å². The van der Waals surface area contributed by atoms with Gasteiger partial charge in [-0.3, -0.25) is 10.3 Å². The molecule has 5 heteroatoms. The number of benzene rings is 1. The minimum atomic E-state index is 0.0719. The highest BCUT2D eigenvalue weighted by molar-refractivity contribution is 14.2. The highest BCUT2D eigenvalue weighted by atomic mass is 127. The van der Waals surface area contributed by atoms with E-state index >= 15 is 0 Å². The number of anilines is 1. The lowest BCUT2D eigenvalue weighted by Gasteiger charge is -2.24. The number of rotatable bonds is 2. The van der Waals surface area contributed by atoms with Crippen LogP contribution < -0.4 is 10.6 Å². The van der Waals surface area contributed by atoms with Crippen molar-refractivity contribution in [2.24, 2.45) is 5.73 Å². The van der Waals surface area contributed by atoms with Crippen LogP contribution in [0.25, 0.3) is 0 Å². The molecule has 76 valence electrons. The van der Waals surface area contributed by atoms with E-state index in [2.05, 4.69) is 45.2 Å². The van der Waals surface area contributed by atoms with Crippen molar-refractivity contribution in [2.45, 2.75) is 8.98 Å². The van der Waals surface area contributed by atoms with E-state index in [-0.39, 0.29) is 8.01 Å². The number of alkyl halides is 2. The van der Waals surface area contributed by atoms with Gasteiger partial charge in [0, 0.05) is 5.69 Å². The highest BCUT2D eigenvalue weighted by Gasteiger charge is 2.15. The Morgan fingerprint density at radius 2 is 1.86 bits per heavy atom. The predicted molar refractivity (Wildman–Crippen MR) is 77.4 cm³/mol. The first kappa shape index (κ1) is 12.0. The van der Waals surface area contributed by atoms with Crippen LogP contribution in [0.2, 0.25) is 0 Å². The standard InChI is InChI=1S/C9H11I2N3/c1-6-2-4-7(5-3-6)14(8(10)11)9(12)13/h2-5,8H,1H3,(H3,12,13). The van der Waals surface area contributed by atoms with Crippen molar-refractivity contribution in [1.29, 1.82) is 5.41 Å². The SMILES string of the molecule is Cc1ccc(N(C(=N)N)C(I)I)cc1. The first-order valence-electron chi connectivity index (χ1n) is 4.00. The lowest BCUT2D eigenvalue weighted by molar-refractivity contribution is 1.16. The van der Waals surface area contributed by atoms with Crippen molar-refractivity contribution in [1.82, 2.24) is 0 Å². The molecular formula is C9H11I2N3. The highest BCUT2D eigenvalue weighted by Crippen LogP contribution is 2.24. The van der Waals surface area contributed by atoms with Crippen LogP contribution in [0.15, 0.2) is 24.3 Å². The Kier molecular flexibility index (Phi) is 4.42. The maximum Gasteiger partial charge on any atom is 0.194 e. The first-order chi connectivity index (χ1) is 6.52. The molecule has 1 aromatic rings. The lowest BCUT2D eigenvalue weighted by atomic mass is 10.2. The number of nitrogens with one attached hydrogen (secondary N) is 1. The molecule has 0 spiro atoms. The molecule has 0 atom stereocenters. The van der Waals surface area contributed by atoms with E-state index in [4.69, 9.17) is 11.1 Å². The van der Waals surface area contributed by atoms with Crippen LogP contribution in [-0.4, -0.2) is 8.01 Å². The number of hydrogen-bond acceptors (Lipinski definition) is 1. The quantitative estimate of drug-likeness (QED) is 0.257. The fourth-order valence-electron chi connectivity index (χ4n) is 1.06. The summed E-state index contributed by atoms with van der Waals surface area (Å²) in [6.45, 7) is 2.04. The molecule has 0 aliphatic heterocycles. The summed E-state index contributed by atoms with van der Waals surface area (Å²) in [5.74, 6) is 0.0719. The third-order valence-corrected chi connectivity index (χ3v) is 2.88. The van der Waals surface area contributed by atoms with Crippen molar-refractivity contribution in [3.63, 3.8) is 0 Å². The van der Waals surface area contributed by atoms with E-state index in [1.807, 2.05) is 31.2 Å². The maximum atomic E-state index is 7.47. The van der Waals surface area contributed by atoms with Gasteiger partial charge in [0.2, 0.25) is 0 Å². The summed E-state index contributed by atoms with van der Waals surface area (Å²) in [4.78, 5) is 1.76. The average molecular weight is 415 g/mol. The summed E-state index contributed by atoms with van der Waals surface area (Å²) < 4.78 is 0.144. The van der Waals surface area contributed by atoms with Crippen molar-refractivity contribution in [2.75, 3.05) is 4.90 Å². The number of hydrogen-bond donors (Lipinski definition) is 2. The zero-order valence-corrected chi connectivity index (χ0v) is 12.0. The minimum absolute atomic E-state index is 0.0719. The molecule has 3 N–H and O–H groups in total. The smallest absolute Gasteiger partial charge is 0.194 e. The number of aryl methyl sites for hydroxylation is 1. The predicted octanol–water partition coefficient (Wildman–Crippen LogP) is 2.85. The first-order valence-corrected chi connectivity index (χ1v) is 6.49. The molecule has 0 fully saturated rings. The summed E-state index contributed by atoms with van der Waals surface area (Å²) >= 11 is 4.45. The fourth-order valence-corrected chi connectivity index (χ4v) is 2.31. The van der Waals surface area contributed by atoms with E-state index < -0.39 is 0 Å². The third kappa shape index (κ3) is 2.97. The van der Waals surface area contributed by atoms with E-state index in [1.54, 1.807) is 4.90 Å². The molecule has 3 nitrogen and oxygen atoms in total. The van der Waals surface area contributed by atoms with E-state index in [1.165, 1.54) is 5.56 Å². The molecule has 0 unspecified atom stereocenters. The van der Waals surface area contributed by atoms with Gasteiger partial charge in [-0.1, -0.05) is 17.7 Å². The number of nitrogens with zero attached hydrogens (tertiary/aromatic N) is 1. The van der Waals surface area contributed by atoms with Crippen molar-refractivity contribution < 1.29 is 0 Å². The van der Waals surface area contributed by atoms with Gasteiger partial charge < -0.3 is 5.73 Å². The Labute approximate surface area is 111 Å². The maximum absolute atomic E-state index is 7.47. The number of guanidine groups is 1. The van der Waals surface area contributed by atoms with Crippen LogP contribution in [-0.2, 0) is 0 Å². The Balaban J connectivity index is 3.00. The van der Waals surface area contributed by atoms with Crippen molar-refractivity contribution >= 4 is 56.8 Å². The Hall–Kier alpha value is -0.0500. The van der Waals surface area contributed by atoms with Crippen molar-refractivity contribution in [3.8, 4) is 0 Å². The van der Waals surface area contributed by atoms with Crippen LogP contribution in [0.5, 0.6) is 0 Å². The van der Waals surface area contributed by atoms with Gasteiger partial charge in [0.1, 0.15) is 2.06 Å². The van der Waals surface area contributed by atoms with Crippen LogP contribution >= 0.6 is 45.2 Å². The van der Waals surface area contributed by atoms with Gasteiger partial charge in [0.25, 0.3) is 0 Å². The molecule has 0 heterocycles. The molecule has 1 aromatic carbocycles. The molecule has 0 saturated heterocycles. The van der Waals surface area contributed by atoms with Gasteiger partial charge in [0.15, 0.2) is 5.96 Å². The van der Waals surface area contributed by atoms with Crippen molar-refractivity contribution in [3.05, 3.63) is 29.8 Å². The van der Waals surface area contributed by atoms with Crippen LogP contribution in [0, 0.1) is 12.3 Å². The fraction of sp³-hybridized carbons (Fsp3) is 0.222. The third-order valence-electron chi connectivity index (χ3n) is 1.77. The number of nitrogens with two attached hydrogens (primary N) is 1. The summed E-state index contributed by atoms with van der Waals surface area (Å²) in [7, 11) is 0. The molecule has 0 saturated carbocycles. The summed E-state index contributed by atoms with van der Waals surface area (Å²) in [6, 6.07) is 7.98. The van der Waals surface area contributed by atoms with Gasteiger partial charge in [-0.2, -0.15) is 0 Å². The van der Waals surface area contributed by atoms with E-state index in [0.717, 1.165) is 5.69 Å². The second kappa shape index (κ2) is 5.15. The van der Waals surface area contributed by atoms with E-state index in [0.29, 0.717) is 0 Å². The van der Waals surface area contributed by atoms with E-state index in [9.17, 15) is 0 Å². The summed E-state index contributed by atoms with van der Waals surface area (Å²) in [6.07, 6.45) is 0. The van der Waals surface area contributed by atoms with Gasteiger partial charge in [0.05, 0.1) is 0 Å². The summed E-state index contributed by atoms with van der Waals surface area (Å²) in [5, 5.41) is 7.47. The average Bonchev–Trinajstić information content (AvgIpc) is 2.07. The largest absolute Gasteiger partial charge is 0.370 e. The van der Waals surface area contributed by atoms with Gasteiger partial charge in [-0.05, 0) is 64.2 Å². The number of halogens is 2. The Morgan fingerprint density at radius 3 is 2.21 bits per heavy atom. The molecule has 0 aromatic heterocycles. The second-order valence-electron chi connectivity index (χ2n) is 2.87.